The highest BCUT2D eigenvalue weighted by atomic mass is 32.2. The predicted octanol–water partition coefficient (Wildman–Crippen LogP) is 5.61. The zero-order valence-corrected chi connectivity index (χ0v) is 18.7. The first-order valence-corrected chi connectivity index (χ1v) is 11.6. The van der Waals surface area contributed by atoms with Crippen molar-refractivity contribution in [3.63, 3.8) is 0 Å². The van der Waals surface area contributed by atoms with Gasteiger partial charge in [0, 0.05) is 25.5 Å². The molecule has 3 aromatic rings. The van der Waals surface area contributed by atoms with Crippen LogP contribution in [0.5, 0.6) is 0 Å². The summed E-state index contributed by atoms with van der Waals surface area (Å²) in [6.45, 7) is 1.25. The summed E-state index contributed by atoms with van der Waals surface area (Å²) < 4.78 is 20.0. The minimum atomic E-state index is -1.33. The third-order valence-electron chi connectivity index (χ3n) is 5.11. The normalized spacial score (nSPS) is 13.4. The number of ether oxygens (including phenoxy) is 1. The predicted molar refractivity (Wildman–Crippen MR) is 126 cm³/mol. The van der Waals surface area contributed by atoms with Crippen LogP contribution in [-0.4, -0.2) is 38.2 Å². The van der Waals surface area contributed by atoms with Crippen LogP contribution in [-0.2, 0) is 17.7 Å². The fourth-order valence-electron chi connectivity index (χ4n) is 3.60. The molecule has 0 aliphatic carbocycles. The van der Waals surface area contributed by atoms with E-state index in [9.17, 15) is 14.3 Å². The minimum absolute atomic E-state index is 0.241. The Morgan fingerprint density at radius 2 is 2.00 bits per heavy atom. The van der Waals surface area contributed by atoms with Crippen LogP contribution < -0.4 is 0 Å². The van der Waals surface area contributed by atoms with Crippen LogP contribution in [0.2, 0.25) is 0 Å². The summed E-state index contributed by atoms with van der Waals surface area (Å²) in [5, 5.41) is 14.3. The molecule has 2 heterocycles. The number of aromatic nitrogens is 2. The monoisotopic (exact) mass is 465 g/mol. The molecule has 0 radical (unpaired) electrons. The summed E-state index contributed by atoms with van der Waals surface area (Å²) >= 11 is 1.57. The highest BCUT2D eigenvalue weighted by Gasteiger charge is 2.21. The molecule has 1 aliphatic heterocycles. The Bertz CT molecular complexity index is 1140. The lowest BCUT2D eigenvalue weighted by Crippen LogP contribution is -2.26. The molecule has 0 atom stereocenters. The Morgan fingerprint density at radius 3 is 2.76 bits per heavy atom. The molecule has 0 unspecified atom stereocenters. The molecule has 1 aliphatic rings. The topological polar surface area (TPSA) is 67.6 Å². The number of nitrogens with zero attached hydrogens (tertiary/aromatic N) is 3. The Morgan fingerprint density at radius 1 is 1.15 bits per heavy atom. The lowest BCUT2D eigenvalue weighted by molar-refractivity contribution is 0.119. The number of aryl methyl sites for hydroxylation is 1. The second-order valence-corrected chi connectivity index (χ2v) is 8.60. The maximum absolute atomic E-state index is 13.1. The molecule has 0 fully saturated rings. The first-order valence-electron chi connectivity index (χ1n) is 10.6. The van der Waals surface area contributed by atoms with Gasteiger partial charge in [-0.25, -0.2) is 13.9 Å². The van der Waals surface area contributed by atoms with Crippen LogP contribution in [0.1, 0.15) is 17.5 Å². The van der Waals surface area contributed by atoms with E-state index in [-0.39, 0.29) is 5.82 Å². The number of hydrogen-bond donors (Lipinski definition) is 1. The van der Waals surface area contributed by atoms with E-state index in [1.165, 1.54) is 12.1 Å². The van der Waals surface area contributed by atoms with Crippen molar-refractivity contribution in [2.24, 2.45) is 0 Å². The number of carbonyl (C=O) groups is 1. The molecular formula is C25H24FN3O3S. The number of allylic oxidation sites excluding steroid dienone is 1. The Hall–Kier alpha value is -3.52. The number of halogens is 1. The molecule has 2 aromatic carbocycles. The van der Waals surface area contributed by atoms with Gasteiger partial charge in [0.25, 0.3) is 0 Å². The number of hydrogen-bond acceptors (Lipinski definition) is 5. The van der Waals surface area contributed by atoms with E-state index in [4.69, 9.17) is 4.74 Å². The van der Waals surface area contributed by atoms with Gasteiger partial charge in [0.2, 0.25) is 0 Å². The molecule has 1 aromatic heterocycles. The van der Waals surface area contributed by atoms with E-state index in [1.807, 2.05) is 36.5 Å². The van der Waals surface area contributed by atoms with Crippen LogP contribution in [0.25, 0.3) is 5.69 Å². The summed E-state index contributed by atoms with van der Waals surface area (Å²) in [5.41, 5.74) is 3.12. The smallest absolute Gasteiger partial charge is 0.449 e. The fraction of sp³-hybridized carbons (Fsp3) is 0.200. The van der Waals surface area contributed by atoms with E-state index in [2.05, 4.69) is 16.1 Å². The number of carboxylic acid groups (broad SMARTS) is 1. The molecule has 8 heteroatoms. The van der Waals surface area contributed by atoms with Crippen molar-refractivity contribution in [2.45, 2.75) is 19.4 Å². The summed E-state index contributed by atoms with van der Waals surface area (Å²) in [6.07, 6.45) is 7.60. The molecule has 33 heavy (non-hydrogen) atoms. The van der Waals surface area contributed by atoms with Crippen molar-refractivity contribution < 1.29 is 19.0 Å². The Balaban J connectivity index is 1.46. The molecule has 6 nitrogen and oxygen atoms in total. The average molecular weight is 466 g/mol. The third-order valence-corrected chi connectivity index (χ3v) is 6.33. The molecular weight excluding hydrogens is 441 g/mol. The quantitative estimate of drug-likeness (QED) is 0.327. The van der Waals surface area contributed by atoms with E-state index in [0.29, 0.717) is 18.8 Å². The first kappa shape index (κ1) is 22.7. The van der Waals surface area contributed by atoms with Gasteiger partial charge in [0.15, 0.2) is 5.76 Å². The van der Waals surface area contributed by atoms with E-state index >= 15 is 0 Å². The standard InChI is InChI=1S/C25H24FN3O3S/c26-21-11-9-19(10-12-21)6-3-16-33-24-23(32-25(30)31)8-2-14-28(24)18-20-5-1-7-22(17-20)29-15-4-13-27-29/h1-2,4-5,7-13,15,17H,3,6,14,16,18H2,(H,30,31). The van der Waals surface area contributed by atoms with Gasteiger partial charge in [-0.15, -0.1) is 11.8 Å². The largest absolute Gasteiger partial charge is 0.511 e. The van der Waals surface area contributed by atoms with Crippen LogP contribution in [0.4, 0.5) is 9.18 Å². The van der Waals surface area contributed by atoms with E-state index < -0.39 is 6.16 Å². The minimum Gasteiger partial charge on any atom is -0.449 e. The molecule has 0 saturated heterocycles. The summed E-state index contributed by atoms with van der Waals surface area (Å²) in [6, 6.07) is 16.5. The van der Waals surface area contributed by atoms with Gasteiger partial charge in [0.05, 0.1) is 5.69 Å². The second kappa shape index (κ2) is 10.9. The number of thioether (sulfide) groups is 1. The van der Waals surface area contributed by atoms with Crippen molar-refractivity contribution in [1.82, 2.24) is 14.7 Å². The van der Waals surface area contributed by atoms with Gasteiger partial charge >= 0.3 is 6.16 Å². The Kier molecular flexibility index (Phi) is 7.47. The zero-order valence-electron chi connectivity index (χ0n) is 17.9. The molecule has 0 saturated carbocycles. The van der Waals surface area contributed by atoms with Gasteiger partial charge in [-0.3, -0.25) is 0 Å². The number of rotatable bonds is 9. The summed E-state index contributed by atoms with van der Waals surface area (Å²) in [7, 11) is 0. The molecule has 1 N–H and O–H groups in total. The molecule has 0 spiro atoms. The highest BCUT2D eigenvalue weighted by Crippen LogP contribution is 2.31. The van der Waals surface area contributed by atoms with Crippen LogP contribution in [0.3, 0.4) is 0 Å². The maximum atomic E-state index is 13.1. The maximum Gasteiger partial charge on any atom is 0.511 e. The molecule has 170 valence electrons. The van der Waals surface area contributed by atoms with Gasteiger partial charge < -0.3 is 14.7 Å². The van der Waals surface area contributed by atoms with Crippen molar-refractivity contribution in [2.75, 3.05) is 12.3 Å². The third kappa shape index (κ3) is 6.26. The van der Waals surface area contributed by atoms with Gasteiger partial charge in [0.1, 0.15) is 10.8 Å². The van der Waals surface area contributed by atoms with Crippen LogP contribution >= 0.6 is 11.8 Å². The van der Waals surface area contributed by atoms with Crippen molar-refractivity contribution in [3.05, 3.63) is 107 Å². The highest BCUT2D eigenvalue weighted by molar-refractivity contribution is 8.03. The van der Waals surface area contributed by atoms with Gasteiger partial charge in [-0.2, -0.15) is 5.10 Å². The molecule has 4 rings (SSSR count). The lowest BCUT2D eigenvalue weighted by Gasteiger charge is -2.29. The molecule has 0 amide bonds. The van der Waals surface area contributed by atoms with Gasteiger partial charge in [-0.1, -0.05) is 30.3 Å². The van der Waals surface area contributed by atoms with Crippen molar-refractivity contribution >= 4 is 17.9 Å². The summed E-state index contributed by atoms with van der Waals surface area (Å²) in [5.74, 6) is 0.871. The van der Waals surface area contributed by atoms with Crippen molar-refractivity contribution in [1.29, 1.82) is 0 Å². The number of benzene rings is 2. The van der Waals surface area contributed by atoms with Crippen LogP contribution in [0.15, 0.2) is 89.9 Å². The van der Waals surface area contributed by atoms with Crippen LogP contribution in [0, 0.1) is 5.82 Å². The van der Waals surface area contributed by atoms with E-state index in [1.54, 1.807) is 40.8 Å². The lowest BCUT2D eigenvalue weighted by atomic mass is 10.1. The SMILES string of the molecule is O=C(O)OC1=C(SCCCc2ccc(F)cc2)N(Cc2cccc(-n3cccn3)c2)CC=C1. The second-order valence-electron chi connectivity index (χ2n) is 7.52. The van der Waals surface area contributed by atoms with E-state index in [0.717, 1.165) is 40.4 Å². The molecule has 0 bridgehead atoms. The average Bonchev–Trinajstić information content (AvgIpc) is 3.34. The zero-order chi connectivity index (χ0) is 23.0. The summed E-state index contributed by atoms with van der Waals surface area (Å²) in [4.78, 5) is 13.4. The first-order chi connectivity index (χ1) is 16.1. The van der Waals surface area contributed by atoms with Crippen molar-refractivity contribution in [3.8, 4) is 5.69 Å². The fourth-order valence-corrected chi connectivity index (χ4v) is 4.66. The Labute approximate surface area is 196 Å². The van der Waals surface area contributed by atoms with Gasteiger partial charge in [-0.05, 0) is 66.1 Å².